The van der Waals surface area contributed by atoms with Gasteiger partial charge in [-0.25, -0.2) is 4.68 Å². The van der Waals surface area contributed by atoms with E-state index >= 15 is 0 Å². The molecule has 0 fully saturated rings. The molecule has 6 nitrogen and oxygen atoms in total. The van der Waals surface area contributed by atoms with Crippen LogP contribution in [0.3, 0.4) is 0 Å². The summed E-state index contributed by atoms with van der Waals surface area (Å²) in [6.07, 6.45) is 1.63. The van der Waals surface area contributed by atoms with Gasteiger partial charge in [0.15, 0.2) is 5.82 Å². The normalized spacial score (nSPS) is 18.0. The van der Waals surface area contributed by atoms with Gasteiger partial charge in [0.05, 0.1) is 6.04 Å². The van der Waals surface area contributed by atoms with Gasteiger partial charge >= 0.3 is 0 Å². The molecule has 1 aliphatic heterocycles. The van der Waals surface area contributed by atoms with Crippen molar-refractivity contribution in [2.75, 3.05) is 10.7 Å². The maximum absolute atomic E-state index is 13.3. The highest BCUT2D eigenvalue weighted by Crippen LogP contribution is 2.37. The SMILES string of the molecule is CCc1ccccc1NC(=O)C1Sc2nnc(CC)n2NC1c1ccc(C)cc1. The van der Waals surface area contributed by atoms with Gasteiger partial charge < -0.3 is 10.7 Å². The number of anilines is 1. The van der Waals surface area contributed by atoms with Crippen molar-refractivity contribution in [2.45, 2.75) is 50.1 Å². The minimum absolute atomic E-state index is 0.0405. The molecule has 7 heteroatoms. The summed E-state index contributed by atoms with van der Waals surface area (Å²) >= 11 is 1.46. The number of hydrogen-bond donors (Lipinski definition) is 2. The number of hydrogen-bond acceptors (Lipinski definition) is 5. The summed E-state index contributed by atoms with van der Waals surface area (Å²) in [5.41, 5.74) is 7.73. The number of carbonyl (C=O) groups is 1. The first-order valence-electron chi connectivity index (χ1n) is 9.93. The van der Waals surface area contributed by atoms with E-state index < -0.39 is 0 Å². The number of rotatable bonds is 5. The third-order valence-electron chi connectivity index (χ3n) is 5.17. The Bertz CT molecular complexity index is 1010. The summed E-state index contributed by atoms with van der Waals surface area (Å²) in [5.74, 6) is 0.820. The molecule has 3 aromatic rings. The second-order valence-corrected chi connectivity index (χ2v) is 8.25. The lowest BCUT2D eigenvalue weighted by Gasteiger charge is -2.33. The maximum Gasteiger partial charge on any atom is 0.240 e. The monoisotopic (exact) mass is 407 g/mol. The van der Waals surface area contributed by atoms with Crippen LogP contribution in [-0.4, -0.2) is 26.0 Å². The van der Waals surface area contributed by atoms with E-state index in [1.807, 2.05) is 35.9 Å². The molecular weight excluding hydrogens is 382 g/mol. The number of para-hydroxylation sites is 1. The summed E-state index contributed by atoms with van der Waals surface area (Å²) in [4.78, 5) is 13.3. The van der Waals surface area contributed by atoms with Gasteiger partial charge in [-0.2, -0.15) is 0 Å². The number of amides is 1. The summed E-state index contributed by atoms with van der Waals surface area (Å²) in [7, 11) is 0. The highest BCUT2D eigenvalue weighted by Gasteiger charge is 2.37. The fraction of sp³-hybridized carbons (Fsp3) is 0.318. The number of nitrogens with one attached hydrogen (secondary N) is 2. The third kappa shape index (κ3) is 3.87. The predicted octanol–water partition coefficient (Wildman–Crippen LogP) is 4.11. The Morgan fingerprint density at radius 3 is 2.59 bits per heavy atom. The Balaban J connectivity index is 1.68. The van der Waals surface area contributed by atoms with Gasteiger partial charge in [0.1, 0.15) is 5.25 Å². The van der Waals surface area contributed by atoms with E-state index in [4.69, 9.17) is 0 Å². The van der Waals surface area contributed by atoms with Gasteiger partial charge in [-0.1, -0.05) is 73.6 Å². The first-order valence-corrected chi connectivity index (χ1v) is 10.8. The predicted molar refractivity (Wildman–Crippen MR) is 117 cm³/mol. The summed E-state index contributed by atoms with van der Waals surface area (Å²) in [6.45, 7) is 6.20. The van der Waals surface area contributed by atoms with Crippen molar-refractivity contribution in [1.29, 1.82) is 0 Å². The van der Waals surface area contributed by atoms with Crippen LogP contribution in [0.15, 0.2) is 53.7 Å². The van der Waals surface area contributed by atoms with Crippen LogP contribution in [0, 0.1) is 6.92 Å². The zero-order valence-electron chi connectivity index (χ0n) is 16.8. The number of aromatic nitrogens is 3. The van der Waals surface area contributed by atoms with Crippen molar-refractivity contribution < 1.29 is 4.79 Å². The second-order valence-electron chi connectivity index (χ2n) is 7.14. The number of benzene rings is 2. The van der Waals surface area contributed by atoms with E-state index in [0.29, 0.717) is 5.16 Å². The van der Waals surface area contributed by atoms with E-state index in [1.165, 1.54) is 17.3 Å². The molecule has 0 saturated carbocycles. The average molecular weight is 408 g/mol. The number of carbonyl (C=O) groups excluding carboxylic acids is 1. The first kappa shape index (κ1) is 19.5. The molecule has 4 rings (SSSR count). The van der Waals surface area contributed by atoms with Crippen molar-refractivity contribution in [3.63, 3.8) is 0 Å². The molecule has 0 saturated heterocycles. The Kier molecular flexibility index (Phi) is 5.58. The fourth-order valence-electron chi connectivity index (χ4n) is 3.51. The van der Waals surface area contributed by atoms with Crippen LogP contribution < -0.4 is 10.7 Å². The Labute approximate surface area is 175 Å². The standard InChI is InChI=1S/C22H25N5OS/c1-4-15-8-6-7-9-17(15)23-21(28)20-19(16-12-10-14(3)11-13-16)26-27-18(5-2)24-25-22(27)29-20/h6-13,19-20,26H,4-5H2,1-3H3,(H,23,28). The number of thioether (sulfide) groups is 1. The van der Waals surface area contributed by atoms with Crippen molar-refractivity contribution in [3.05, 3.63) is 71.0 Å². The van der Waals surface area contributed by atoms with Crippen LogP contribution in [-0.2, 0) is 17.6 Å². The summed E-state index contributed by atoms with van der Waals surface area (Å²) in [6, 6.07) is 16.1. The van der Waals surface area contributed by atoms with Crippen LogP contribution in [0.4, 0.5) is 5.69 Å². The van der Waals surface area contributed by atoms with Gasteiger partial charge in [0.2, 0.25) is 11.1 Å². The molecule has 0 spiro atoms. The van der Waals surface area contributed by atoms with E-state index in [2.05, 4.69) is 59.1 Å². The number of fused-ring (bicyclic) bond motifs is 1. The summed E-state index contributed by atoms with van der Waals surface area (Å²) in [5, 5.41) is 12.0. The zero-order valence-corrected chi connectivity index (χ0v) is 17.7. The molecule has 2 aromatic carbocycles. The van der Waals surface area contributed by atoms with Gasteiger partial charge in [0.25, 0.3) is 0 Å². The van der Waals surface area contributed by atoms with Gasteiger partial charge in [0, 0.05) is 12.1 Å². The Morgan fingerprint density at radius 1 is 1.10 bits per heavy atom. The molecule has 29 heavy (non-hydrogen) atoms. The topological polar surface area (TPSA) is 71.8 Å². The fourth-order valence-corrected chi connectivity index (χ4v) is 4.60. The third-order valence-corrected chi connectivity index (χ3v) is 6.39. The van der Waals surface area contributed by atoms with E-state index in [0.717, 1.165) is 35.5 Å². The van der Waals surface area contributed by atoms with Crippen molar-refractivity contribution in [2.24, 2.45) is 0 Å². The Hall–Kier alpha value is -2.80. The molecular formula is C22H25N5OS. The number of aryl methyl sites for hydroxylation is 3. The largest absolute Gasteiger partial charge is 0.325 e. The lowest BCUT2D eigenvalue weighted by molar-refractivity contribution is -0.116. The molecule has 1 aliphatic rings. The maximum atomic E-state index is 13.3. The molecule has 0 aliphatic carbocycles. The highest BCUT2D eigenvalue weighted by molar-refractivity contribution is 8.00. The van der Waals surface area contributed by atoms with Gasteiger partial charge in [-0.3, -0.25) is 4.79 Å². The summed E-state index contributed by atoms with van der Waals surface area (Å²) < 4.78 is 1.92. The van der Waals surface area contributed by atoms with Crippen molar-refractivity contribution in [1.82, 2.24) is 14.9 Å². The zero-order chi connectivity index (χ0) is 20.4. The van der Waals surface area contributed by atoms with E-state index in [1.54, 1.807) is 0 Å². The highest BCUT2D eigenvalue weighted by atomic mass is 32.2. The van der Waals surface area contributed by atoms with Crippen molar-refractivity contribution in [3.8, 4) is 0 Å². The average Bonchev–Trinajstić information content (AvgIpc) is 3.16. The van der Waals surface area contributed by atoms with Crippen LogP contribution in [0.25, 0.3) is 0 Å². The smallest absolute Gasteiger partial charge is 0.240 e. The minimum atomic E-state index is -0.371. The van der Waals surface area contributed by atoms with Crippen LogP contribution in [0.1, 0.15) is 42.4 Å². The lowest BCUT2D eigenvalue weighted by Crippen LogP contribution is -2.41. The molecule has 150 valence electrons. The van der Waals surface area contributed by atoms with E-state index in [-0.39, 0.29) is 17.2 Å². The molecule has 1 amide bonds. The molecule has 1 aromatic heterocycles. The van der Waals surface area contributed by atoms with Gasteiger partial charge in [-0.15, -0.1) is 10.2 Å². The molecule has 2 N–H and O–H groups in total. The lowest BCUT2D eigenvalue weighted by atomic mass is 10.0. The second kappa shape index (κ2) is 8.29. The van der Waals surface area contributed by atoms with Crippen LogP contribution in [0.2, 0.25) is 0 Å². The van der Waals surface area contributed by atoms with E-state index in [9.17, 15) is 4.79 Å². The quantitative estimate of drug-likeness (QED) is 0.666. The molecule has 0 bridgehead atoms. The molecule has 2 atom stereocenters. The molecule has 2 heterocycles. The molecule has 2 unspecified atom stereocenters. The number of nitrogens with zero attached hydrogens (tertiary/aromatic N) is 3. The van der Waals surface area contributed by atoms with Crippen LogP contribution >= 0.6 is 11.8 Å². The first-order chi connectivity index (χ1) is 14.1. The van der Waals surface area contributed by atoms with Gasteiger partial charge in [-0.05, 0) is 30.5 Å². The Morgan fingerprint density at radius 2 is 1.86 bits per heavy atom. The minimum Gasteiger partial charge on any atom is -0.325 e. The molecule has 0 radical (unpaired) electrons. The van der Waals surface area contributed by atoms with Crippen molar-refractivity contribution >= 4 is 23.4 Å². The van der Waals surface area contributed by atoms with Crippen LogP contribution in [0.5, 0.6) is 0 Å².